The van der Waals surface area contributed by atoms with Crippen molar-refractivity contribution in [3.05, 3.63) is 41.6 Å². The molecule has 0 aliphatic carbocycles. The van der Waals surface area contributed by atoms with Crippen LogP contribution >= 0.6 is 0 Å². The fraction of sp³-hybridized carbons (Fsp3) is 0.357. The zero-order valence-electron chi connectivity index (χ0n) is 11.3. The average molecular weight is 262 g/mol. The van der Waals surface area contributed by atoms with E-state index in [1.54, 1.807) is 31.5 Å². The van der Waals surface area contributed by atoms with Crippen molar-refractivity contribution in [1.82, 2.24) is 10.3 Å². The Morgan fingerprint density at radius 2 is 2.26 bits per heavy atom. The van der Waals surface area contributed by atoms with Crippen LogP contribution in [0.3, 0.4) is 0 Å². The standard InChI is InChI=1S/C14H18N2O3/c1-9-7-16-14(19-9)10(2)15-8-11-6-12(18-3)4-5-13(11)17/h4-7,10,15,17H,8H2,1-3H3. The lowest BCUT2D eigenvalue weighted by atomic mass is 10.1. The molecule has 0 radical (unpaired) electrons. The van der Waals surface area contributed by atoms with Crippen LogP contribution in [0.5, 0.6) is 11.5 Å². The topological polar surface area (TPSA) is 67.5 Å². The molecule has 0 amide bonds. The van der Waals surface area contributed by atoms with Crippen LogP contribution in [0.2, 0.25) is 0 Å². The maximum Gasteiger partial charge on any atom is 0.211 e. The summed E-state index contributed by atoms with van der Waals surface area (Å²) < 4.78 is 10.6. The highest BCUT2D eigenvalue weighted by atomic mass is 16.5. The van der Waals surface area contributed by atoms with Crippen LogP contribution in [-0.4, -0.2) is 17.2 Å². The van der Waals surface area contributed by atoms with Crippen molar-refractivity contribution in [1.29, 1.82) is 0 Å². The zero-order chi connectivity index (χ0) is 13.8. The molecule has 1 aromatic carbocycles. The molecule has 1 aromatic heterocycles. The highest BCUT2D eigenvalue weighted by Crippen LogP contribution is 2.23. The summed E-state index contributed by atoms with van der Waals surface area (Å²) in [5.74, 6) is 2.38. The van der Waals surface area contributed by atoms with E-state index in [0.717, 1.165) is 11.3 Å². The van der Waals surface area contributed by atoms with Crippen molar-refractivity contribution in [2.24, 2.45) is 0 Å². The van der Waals surface area contributed by atoms with E-state index in [0.29, 0.717) is 18.2 Å². The first-order valence-corrected chi connectivity index (χ1v) is 6.11. The molecule has 2 rings (SSSR count). The Morgan fingerprint density at radius 1 is 1.47 bits per heavy atom. The minimum Gasteiger partial charge on any atom is -0.508 e. The van der Waals surface area contributed by atoms with Gasteiger partial charge in [-0.1, -0.05) is 0 Å². The van der Waals surface area contributed by atoms with Crippen LogP contribution in [0.4, 0.5) is 0 Å². The molecule has 1 atom stereocenters. The molecule has 2 aromatic rings. The van der Waals surface area contributed by atoms with E-state index in [4.69, 9.17) is 9.15 Å². The van der Waals surface area contributed by atoms with Gasteiger partial charge in [-0.25, -0.2) is 4.98 Å². The Labute approximate surface area is 112 Å². The van der Waals surface area contributed by atoms with E-state index in [1.807, 2.05) is 13.8 Å². The Bertz CT molecular complexity index is 551. The van der Waals surface area contributed by atoms with Gasteiger partial charge in [0.25, 0.3) is 0 Å². The maximum absolute atomic E-state index is 9.78. The van der Waals surface area contributed by atoms with E-state index in [-0.39, 0.29) is 11.8 Å². The number of methoxy groups -OCH3 is 1. The second-order valence-electron chi connectivity index (χ2n) is 4.41. The van der Waals surface area contributed by atoms with Gasteiger partial charge in [-0.15, -0.1) is 0 Å². The number of nitrogens with zero attached hydrogens (tertiary/aromatic N) is 1. The van der Waals surface area contributed by atoms with Gasteiger partial charge in [0, 0.05) is 12.1 Å². The number of aromatic nitrogens is 1. The van der Waals surface area contributed by atoms with Gasteiger partial charge in [0.1, 0.15) is 17.3 Å². The number of rotatable bonds is 5. The third kappa shape index (κ3) is 3.26. The quantitative estimate of drug-likeness (QED) is 0.866. The predicted molar refractivity (Wildman–Crippen MR) is 71.2 cm³/mol. The third-order valence-electron chi connectivity index (χ3n) is 2.89. The lowest BCUT2D eigenvalue weighted by molar-refractivity contribution is 0.394. The van der Waals surface area contributed by atoms with E-state index < -0.39 is 0 Å². The van der Waals surface area contributed by atoms with Crippen molar-refractivity contribution < 1.29 is 14.3 Å². The Morgan fingerprint density at radius 3 is 2.89 bits per heavy atom. The number of phenolic OH excluding ortho intramolecular Hbond substituents is 1. The molecule has 0 saturated carbocycles. The second-order valence-corrected chi connectivity index (χ2v) is 4.41. The minimum atomic E-state index is -0.0284. The maximum atomic E-state index is 9.78. The van der Waals surface area contributed by atoms with Gasteiger partial charge in [0.2, 0.25) is 5.89 Å². The summed E-state index contributed by atoms with van der Waals surface area (Å²) in [5.41, 5.74) is 0.773. The molecule has 1 unspecified atom stereocenters. The fourth-order valence-corrected chi connectivity index (χ4v) is 1.75. The highest BCUT2D eigenvalue weighted by molar-refractivity contribution is 5.39. The van der Waals surface area contributed by atoms with E-state index in [2.05, 4.69) is 10.3 Å². The van der Waals surface area contributed by atoms with Gasteiger partial charge in [0.05, 0.1) is 19.3 Å². The van der Waals surface area contributed by atoms with Crippen molar-refractivity contribution in [3.63, 3.8) is 0 Å². The smallest absolute Gasteiger partial charge is 0.211 e. The number of phenols is 1. The first-order chi connectivity index (χ1) is 9.10. The number of hydrogen-bond acceptors (Lipinski definition) is 5. The summed E-state index contributed by atoms with van der Waals surface area (Å²) in [6.45, 7) is 4.32. The molecule has 5 heteroatoms. The van der Waals surface area contributed by atoms with Crippen LogP contribution in [0.15, 0.2) is 28.8 Å². The normalized spacial score (nSPS) is 12.4. The van der Waals surface area contributed by atoms with Crippen LogP contribution in [0, 0.1) is 6.92 Å². The molecule has 0 fully saturated rings. The zero-order valence-corrected chi connectivity index (χ0v) is 11.3. The molecule has 102 valence electrons. The molecule has 0 aliphatic heterocycles. The molecule has 2 N–H and O–H groups in total. The number of aryl methyl sites for hydroxylation is 1. The first kappa shape index (κ1) is 13.4. The number of aromatic hydroxyl groups is 1. The lowest BCUT2D eigenvalue weighted by Crippen LogP contribution is -2.18. The average Bonchev–Trinajstić information content (AvgIpc) is 2.84. The number of hydrogen-bond donors (Lipinski definition) is 2. The van der Waals surface area contributed by atoms with Gasteiger partial charge in [-0.3, -0.25) is 0 Å². The monoisotopic (exact) mass is 262 g/mol. The summed E-state index contributed by atoms with van der Waals surface area (Å²) >= 11 is 0. The van der Waals surface area contributed by atoms with E-state index >= 15 is 0 Å². The molecule has 0 bridgehead atoms. The number of oxazole rings is 1. The fourth-order valence-electron chi connectivity index (χ4n) is 1.75. The summed E-state index contributed by atoms with van der Waals surface area (Å²) in [6, 6.07) is 5.12. The van der Waals surface area contributed by atoms with Crippen LogP contribution in [0.1, 0.15) is 30.2 Å². The molecule has 5 nitrogen and oxygen atoms in total. The van der Waals surface area contributed by atoms with Crippen LogP contribution in [-0.2, 0) is 6.54 Å². The largest absolute Gasteiger partial charge is 0.508 e. The SMILES string of the molecule is COc1ccc(O)c(CNC(C)c2ncc(C)o2)c1. The number of benzene rings is 1. The van der Waals surface area contributed by atoms with Crippen molar-refractivity contribution in [2.45, 2.75) is 26.4 Å². The lowest BCUT2D eigenvalue weighted by Gasteiger charge is -2.12. The van der Waals surface area contributed by atoms with Crippen LogP contribution < -0.4 is 10.1 Å². The Balaban J connectivity index is 2.02. The van der Waals surface area contributed by atoms with E-state index in [9.17, 15) is 5.11 Å². The molecule has 0 aliphatic rings. The summed E-state index contributed by atoms with van der Waals surface area (Å²) in [7, 11) is 1.60. The number of nitrogens with one attached hydrogen (secondary N) is 1. The Hall–Kier alpha value is -2.01. The van der Waals surface area contributed by atoms with Gasteiger partial charge < -0.3 is 19.6 Å². The molecule has 1 heterocycles. The summed E-state index contributed by atoms with van der Waals surface area (Å²) in [5, 5.41) is 13.0. The molecule has 0 spiro atoms. The molecule has 19 heavy (non-hydrogen) atoms. The molecular weight excluding hydrogens is 244 g/mol. The predicted octanol–water partition coefficient (Wildman–Crippen LogP) is 2.55. The van der Waals surface area contributed by atoms with E-state index in [1.165, 1.54) is 0 Å². The molecular formula is C14H18N2O3. The van der Waals surface area contributed by atoms with Gasteiger partial charge in [0.15, 0.2) is 0 Å². The Kier molecular flexibility index (Phi) is 4.06. The molecule has 0 saturated heterocycles. The summed E-state index contributed by atoms with van der Waals surface area (Å²) in [4.78, 5) is 4.17. The van der Waals surface area contributed by atoms with Gasteiger partial charge in [-0.2, -0.15) is 0 Å². The third-order valence-corrected chi connectivity index (χ3v) is 2.89. The van der Waals surface area contributed by atoms with Gasteiger partial charge in [-0.05, 0) is 32.0 Å². The minimum absolute atomic E-state index is 0.0284. The second kappa shape index (κ2) is 5.75. The first-order valence-electron chi connectivity index (χ1n) is 6.11. The van der Waals surface area contributed by atoms with Crippen LogP contribution in [0.25, 0.3) is 0 Å². The summed E-state index contributed by atoms with van der Waals surface area (Å²) in [6.07, 6.45) is 1.69. The van der Waals surface area contributed by atoms with Gasteiger partial charge >= 0.3 is 0 Å². The van der Waals surface area contributed by atoms with Crippen molar-refractivity contribution in [2.75, 3.05) is 7.11 Å². The highest BCUT2D eigenvalue weighted by Gasteiger charge is 2.12. The van der Waals surface area contributed by atoms with Crippen molar-refractivity contribution >= 4 is 0 Å². The van der Waals surface area contributed by atoms with Crippen molar-refractivity contribution in [3.8, 4) is 11.5 Å². The number of ether oxygens (including phenoxy) is 1.